The minimum Gasteiger partial charge on any atom is -0.495 e. The Balaban J connectivity index is 1.76. The Kier molecular flexibility index (Phi) is 10.7. The first kappa shape index (κ1) is 32.4. The van der Waals surface area contributed by atoms with Crippen molar-refractivity contribution in [1.29, 1.82) is 0 Å². The number of halogens is 1. The van der Waals surface area contributed by atoms with Crippen molar-refractivity contribution in [1.82, 2.24) is 10.2 Å². The first-order valence-electron chi connectivity index (χ1n) is 14.6. The van der Waals surface area contributed by atoms with Crippen molar-refractivity contribution in [3.8, 4) is 5.75 Å². The van der Waals surface area contributed by atoms with Crippen LogP contribution in [0.1, 0.15) is 55.7 Å². The Morgan fingerprint density at radius 3 is 2.21 bits per heavy atom. The maximum absolute atomic E-state index is 14.3. The molecule has 0 bridgehead atoms. The summed E-state index contributed by atoms with van der Waals surface area (Å²) in [4.78, 5) is 29.4. The van der Waals surface area contributed by atoms with Crippen molar-refractivity contribution in [2.45, 2.75) is 76.4 Å². The Hall–Kier alpha value is -3.56. The van der Waals surface area contributed by atoms with Gasteiger partial charge in [-0.05, 0) is 80.6 Å². The van der Waals surface area contributed by atoms with Gasteiger partial charge in [0.25, 0.3) is 10.0 Å². The van der Waals surface area contributed by atoms with Crippen LogP contribution in [0.5, 0.6) is 5.75 Å². The number of anilines is 1. The summed E-state index contributed by atoms with van der Waals surface area (Å²) in [6, 6.07) is 18.0. The first-order valence-corrected chi connectivity index (χ1v) is 16.4. The van der Waals surface area contributed by atoms with E-state index in [1.165, 1.54) is 24.1 Å². The number of aryl methyl sites for hydroxylation is 2. The van der Waals surface area contributed by atoms with E-state index in [9.17, 15) is 18.0 Å². The van der Waals surface area contributed by atoms with Gasteiger partial charge in [-0.1, -0.05) is 67.3 Å². The van der Waals surface area contributed by atoms with E-state index >= 15 is 0 Å². The topological polar surface area (TPSA) is 96.0 Å². The summed E-state index contributed by atoms with van der Waals surface area (Å²) in [5, 5.41) is 3.68. The van der Waals surface area contributed by atoms with Crippen LogP contribution in [0.4, 0.5) is 5.69 Å². The van der Waals surface area contributed by atoms with Crippen LogP contribution in [0.15, 0.2) is 71.6 Å². The zero-order chi connectivity index (χ0) is 31.1. The van der Waals surface area contributed by atoms with Gasteiger partial charge in [0, 0.05) is 17.6 Å². The van der Waals surface area contributed by atoms with Gasteiger partial charge in [-0.2, -0.15) is 0 Å². The molecule has 2 amide bonds. The number of carbonyl (C=O) groups is 2. The lowest BCUT2D eigenvalue weighted by Crippen LogP contribution is -2.53. The van der Waals surface area contributed by atoms with Gasteiger partial charge in [0.15, 0.2) is 0 Å². The number of rotatable bonds is 12. The van der Waals surface area contributed by atoms with Gasteiger partial charge in [0.2, 0.25) is 11.8 Å². The van der Waals surface area contributed by atoms with Crippen LogP contribution in [-0.2, 0) is 26.2 Å². The molecule has 43 heavy (non-hydrogen) atoms. The van der Waals surface area contributed by atoms with E-state index in [1.807, 2.05) is 26.8 Å². The van der Waals surface area contributed by atoms with E-state index in [-0.39, 0.29) is 29.1 Å². The third-order valence-electron chi connectivity index (χ3n) is 7.84. The summed E-state index contributed by atoms with van der Waals surface area (Å²) in [5.41, 5.74) is 2.72. The van der Waals surface area contributed by atoms with Gasteiger partial charge in [-0.25, -0.2) is 8.42 Å². The van der Waals surface area contributed by atoms with E-state index in [0.717, 1.165) is 46.7 Å². The van der Waals surface area contributed by atoms with Crippen molar-refractivity contribution in [3.05, 3.63) is 88.4 Å². The van der Waals surface area contributed by atoms with Crippen LogP contribution in [0.25, 0.3) is 0 Å². The molecule has 8 nitrogen and oxygen atoms in total. The molecule has 1 fully saturated rings. The van der Waals surface area contributed by atoms with Crippen molar-refractivity contribution in [2.24, 2.45) is 0 Å². The number of benzene rings is 3. The Morgan fingerprint density at radius 1 is 0.977 bits per heavy atom. The second kappa shape index (κ2) is 14.3. The number of ether oxygens (including phenoxy) is 1. The SMILES string of the molecule is CC[C@H](C(=O)NC1CCCC1)N(Cc1ccc(Cl)cc1)C(=O)CN(c1cc(C)ccc1OC)S(=O)(=O)c1ccc(C)cc1. The Bertz CT molecular complexity index is 1520. The van der Waals surface area contributed by atoms with Gasteiger partial charge in [0.05, 0.1) is 17.7 Å². The van der Waals surface area contributed by atoms with Crippen LogP contribution in [0, 0.1) is 13.8 Å². The second-order valence-corrected chi connectivity index (χ2v) is 13.4. The van der Waals surface area contributed by atoms with E-state index in [4.69, 9.17) is 16.3 Å². The highest BCUT2D eigenvalue weighted by Crippen LogP contribution is 2.34. The standard InChI is InChI=1S/C33H40ClN3O5S/c1-5-29(33(39)35-27-8-6-7-9-27)36(21-25-13-15-26(34)16-14-25)32(38)22-37(30-20-24(3)12-19-31(30)42-4)43(40,41)28-17-10-23(2)11-18-28/h10-20,27,29H,5-9,21-22H2,1-4H3,(H,35,39)/t29-/m1/s1. The lowest BCUT2D eigenvalue weighted by atomic mass is 10.1. The number of nitrogens with zero attached hydrogens (tertiary/aromatic N) is 2. The summed E-state index contributed by atoms with van der Waals surface area (Å²) in [6.07, 6.45) is 4.28. The first-order chi connectivity index (χ1) is 20.5. The minimum atomic E-state index is -4.21. The van der Waals surface area contributed by atoms with Crippen LogP contribution in [-0.4, -0.2) is 50.9 Å². The fourth-order valence-electron chi connectivity index (χ4n) is 5.42. The second-order valence-electron chi connectivity index (χ2n) is 11.1. The molecule has 0 saturated heterocycles. The van der Waals surface area contributed by atoms with Gasteiger partial charge in [-0.3, -0.25) is 13.9 Å². The molecule has 0 spiro atoms. The molecule has 0 unspecified atom stereocenters. The highest BCUT2D eigenvalue weighted by molar-refractivity contribution is 7.92. The summed E-state index contributed by atoms with van der Waals surface area (Å²) in [5.74, 6) is -0.440. The predicted octanol–water partition coefficient (Wildman–Crippen LogP) is 6.03. The molecule has 0 radical (unpaired) electrons. The maximum Gasteiger partial charge on any atom is 0.264 e. The lowest BCUT2D eigenvalue weighted by molar-refractivity contribution is -0.140. The van der Waals surface area contributed by atoms with Gasteiger partial charge in [-0.15, -0.1) is 0 Å². The molecular weight excluding hydrogens is 586 g/mol. The fraction of sp³-hybridized carbons (Fsp3) is 0.394. The molecule has 10 heteroatoms. The van der Waals surface area contributed by atoms with E-state index in [0.29, 0.717) is 17.2 Å². The van der Waals surface area contributed by atoms with Crippen molar-refractivity contribution < 1.29 is 22.7 Å². The van der Waals surface area contributed by atoms with Crippen LogP contribution < -0.4 is 14.4 Å². The molecule has 4 rings (SSSR count). The third kappa shape index (κ3) is 7.89. The molecule has 1 aliphatic rings. The summed E-state index contributed by atoms with van der Waals surface area (Å²) in [7, 11) is -2.75. The van der Waals surface area contributed by atoms with E-state index in [2.05, 4.69) is 5.32 Å². The molecule has 3 aromatic carbocycles. The number of sulfonamides is 1. The molecular formula is C33H40ClN3O5S. The van der Waals surface area contributed by atoms with Crippen molar-refractivity contribution in [3.63, 3.8) is 0 Å². The van der Waals surface area contributed by atoms with E-state index < -0.39 is 28.5 Å². The zero-order valence-corrected chi connectivity index (χ0v) is 26.7. The molecule has 0 aromatic heterocycles. The highest BCUT2D eigenvalue weighted by atomic mass is 35.5. The maximum atomic E-state index is 14.3. The third-order valence-corrected chi connectivity index (χ3v) is 9.87. The normalized spacial score (nSPS) is 14.3. The average molecular weight is 626 g/mol. The molecule has 1 aliphatic carbocycles. The van der Waals surface area contributed by atoms with Crippen molar-refractivity contribution >= 4 is 39.1 Å². The number of amides is 2. The quantitative estimate of drug-likeness (QED) is 0.265. The largest absolute Gasteiger partial charge is 0.495 e. The molecule has 1 saturated carbocycles. The van der Waals surface area contributed by atoms with Gasteiger partial charge < -0.3 is 15.0 Å². The van der Waals surface area contributed by atoms with Crippen LogP contribution in [0.2, 0.25) is 5.02 Å². The number of carbonyl (C=O) groups excluding carboxylic acids is 2. The summed E-state index contributed by atoms with van der Waals surface area (Å²) < 4.78 is 35.0. The summed E-state index contributed by atoms with van der Waals surface area (Å²) in [6.45, 7) is 5.14. The zero-order valence-electron chi connectivity index (χ0n) is 25.2. The minimum absolute atomic E-state index is 0.0460. The predicted molar refractivity (Wildman–Crippen MR) is 170 cm³/mol. The molecule has 1 N–H and O–H groups in total. The molecule has 0 heterocycles. The van der Waals surface area contributed by atoms with Crippen LogP contribution >= 0.6 is 11.6 Å². The number of methoxy groups -OCH3 is 1. The van der Waals surface area contributed by atoms with Crippen molar-refractivity contribution in [2.75, 3.05) is 18.0 Å². The van der Waals surface area contributed by atoms with Gasteiger partial charge >= 0.3 is 0 Å². The van der Waals surface area contributed by atoms with E-state index in [1.54, 1.807) is 48.5 Å². The fourth-order valence-corrected chi connectivity index (χ4v) is 6.96. The molecule has 0 aliphatic heterocycles. The smallest absolute Gasteiger partial charge is 0.264 e. The molecule has 230 valence electrons. The lowest BCUT2D eigenvalue weighted by Gasteiger charge is -2.34. The summed E-state index contributed by atoms with van der Waals surface area (Å²) >= 11 is 6.11. The number of hydrogen-bond donors (Lipinski definition) is 1. The monoisotopic (exact) mass is 625 g/mol. The molecule has 1 atom stereocenters. The molecule has 3 aromatic rings. The average Bonchev–Trinajstić information content (AvgIpc) is 3.50. The highest BCUT2D eigenvalue weighted by Gasteiger charge is 2.35. The van der Waals surface area contributed by atoms with Crippen LogP contribution in [0.3, 0.4) is 0 Å². The Labute approximate surface area is 260 Å². The van der Waals surface area contributed by atoms with Gasteiger partial charge in [0.1, 0.15) is 18.3 Å². The number of nitrogens with one attached hydrogen (secondary N) is 1. The Morgan fingerprint density at radius 2 is 1.60 bits per heavy atom. The number of hydrogen-bond acceptors (Lipinski definition) is 5.